The first-order valence-corrected chi connectivity index (χ1v) is 11.2. The number of hydrogen-bond acceptors (Lipinski definition) is 4. The Kier molecular flexibility index (Phi) is 9.38. The second-order valence-corrected chi connectivity index (χ2v) is 8.19. The maximum atomic E-state index is 12.1. The standard InChI is InChI=1S/C26H30N4O3.HI/c1-30(2)25(31)20-11-9-19(10-12-20)18-28-26(27-15-13-21-6-5-16-32-21)29-23-14-17-33-24-8-4-3-7-22(23)24;/h3-12,16,23H,13-15,17-18H2,1-2H3,(H2,27,28,29);1H. The number of nitrogens with one attached hydrogen (secondary N) is 2. The predicted octanol–water partition coefficient (Wildman–Crippen LogP) is 4.40. The summed E-state index contributed by atoms with van der Waals surface area (Å²) in [4.78, 5) is 18.5. The van der Waals surface area contributed by atoms with E-state index in [1.807, 2.05) is 54.6 Å². The van der Waals surface area contributed by atoms with E-state index in [9.17, 15) is 4.79 Å². The van der Waals surface area contributed by atoms with Gasteiger partial charge in [-0.1, -0.05) is 30.3 Å². The molecule has 1 aromatic heterocycles. The summed E-state index contributed by atoms with van der Waals surface area (Å²) in [7, 11) is 3.50. The lowest BCUT2D eigenvalue weighted by molar-refractivity contribution is 0.0827. The Balaban J connectivity index is 0.00000324. The molecule has 7 nitrogen and oxygen atoms in total. The number of benzene rings is 2. The maximum Gasteiger partial charge on any atom is 0.253 e. The Hall–Kier alpha value is -3.01. The van der Waals surface area contributed by atoms with E-state index in [1.54, 1.807) is 25.3 Å². The molecular weight excluding hydrogens is 543 g/mol. The molecule has 1 atom stereocenters. The lowest BCUT2D eigenvalue weighted by Gasteiger charge is -2.28. The van der Waals surface area contributed by atoms with Gasteiger partial charge in [0.1, 0.15) is 11.5 Å². The fourth-order valence-corrected chi connectivity index (χ4v) is 3.75. The number of fused-ring (bicyclic) bond motifs is 1. The highest BCUT2D eigenvalue weighted by molar-refractivity contribution is 14.0. The molecule has 2 N–H and O–H groups in total. The van der Waals surface area contributed by atoms with Crippen LogP contribution in [0.3, 0.4) is 0 Å². The minimum absolute atomic E-state index is 0. The quantitative estimate of drug-likeness (QED) is 0.249. The van der Waals surface area contributed by atoms with E-state index in [4.69, 9.17) is 14.1 Å². The summed E-state index contributed by atoms with van der Waals surface area (Å²) >= 11 is 0. The van der Waals surface area contributed by atoms with Crippen molar-refractivity contribution >= 4 is 35.8 Å². The van der Waals surface area contributed by atoms with Crippen LogP contribution in [0.5, 0.6) is 5.75 Å². The molecule has 1 aliphatic rings. The third-order valence-electron chi connectivity index (χ3n) is 5.54. The summed E-state index contributed by atoms with van der Waals surface area (Å²) in [6.45, 7) is 1.85. The Morgan fingerprint density at radius 2 is 1.88 bits per heavy atom. The van der Waals surface area contributed by atoms with Crippen molar-refractivity contribution in [3.8, 4) is 5.75 Å². The SMILES string of the molecule is CN(C)C(=O)c1ccc(CN=C(NCCc2ccco2)NC2CCOc3ccccc32)cc1.I. The van der Waals surface area contributed by atoms with Crippen LogP contribution in [0.1, 0.15) is 39.7 Å². The number of ether oxygens (including phenoxy) is 1. The first-order chi connectivity index (χ1) is 16.1. The number of carbonyl (C=O) groups excluding carboxylic acids is 1. The highest BCUT2D eigenvalue weighted by atomic mass is 127. The molecule has 0 spiro atoms. The van der Waals surface area contributed by atoms with Crippen LogP contribution in [-0.4, -0.2) is 44.0 Å². The van der Waals surface area contributed by atoms with E-state index in [2.05, 4.69) is 16.7 Å². The van der Waals surface area contributed by atoms with Gasteiger partial charge in [0.2, 0.25) is 0 Å². The molecule has 0 fully saturated rings. The van der Waals surface area contributed by atoms with Crippen LogP contribution in [0, 0.1) is 0 Å². The molecule has 1 aliphatic heterocycles. The molecule has 3 aromatic rings. The van der Waals surface area contributed by atoms with Crippen LogP contribution >= 0.6 is 24.0 Å². The van der Waals surface area contributed by atoms with Crippen LogP contribution in [0.25, 0.3) is 0 Å². The van der Waals surface area contributed by atoms with Crippen molar-refractivity contribution in [3.05, 3.63) is 89.4 Å². The molecule has 1 unspecified atom stereocenters. The summed E-state index contributed by atoms with van der Waals surface area (Å²) < 4.78 is 11.2. The summed E-state index contributed by atoms with van der Waals surface area (Å²) in [6, 6.07) is 19.7. The molecule has 0 radical (unpaired) electrons. The summed E-state index contributed by atoms with van der Waals surface area (Å²) in [5.74, 6) is 2.57. The normalized spacial score (nSPS) is 14.9. The van der Waals surface area contributed by atoms with E-state index >= 15 is 0 Å². The minimum atomic E-state index is -0.00909. The van der Waals surface area contributed by atoms with Crippen molar-refractivity contribution in [3.63, 3.8) is 0 Å². The van der Waals surface area contributed by atoms with Crippen molar-refractivity contribution < 1.29 is 13.9 Å². The van der Waals surface area contributed by atoms with E-state index in [0.29, 0.717) is 25.3 Å². The van der Waals surface area contributed by atoms with Crippen LogP contribution < -0.4 is 15.4 Å². The Labute approximate surface area is 217 Å². The van der Waals surface area contributed by atoms with Gasteiger partial charge in [0.15, 0.2) is 5.96 Å². The van der Waals surface area contributed by atoms with Crippen LogP contribution in [-0.2, 0) is 13.0 Å². The first kappa shape index (κ1) is 25.6. The molecule has 2 aromatic carbocycles. The molecule has 4 rings (SSSR count). The average Bonchev–Trinajstić information content (AvgIpc) is 3.36. The van der Waals surface area contributed by atoms with Gasteiger partial charge in [-0.15, -0.1) is 24.0 Å². The highest BCUT2D eigenvalue weighted by Crippen LogP contribution is 2.31. The van der Waals surface area contributed by atoms with E-state index < -0.39 is 0 Å². The minimum Gasteiger partial charge on any atom is -0.493 e. The molecule has 0 bridgehead atoms. The molecule has 8 heteroatoms. The number of para-hydroxylation sites is 1. The van der Waals surface area contributed by atoms with Crippen molar-refractivity contribution in [2.75, 3.05) is 27.2 Å². The molecule has 180 valence electrons. The predicted molar refractivity (Wildman–Crippen MR) is 144 cm³/mol. The molecule has 1 amide bonds. The molecular formula is C26H31IN4O3. The van der Waals surface area contributed by atoms with Gasteiger partial charge in [-0.2, -0.15) is 0 Å². The molecule has 34 heavy (non-hydrogen) atoms. The maximum absolute atomic E-state index is 12.1. The van der Waals surface area contributed by atoms with Gasteiger partial charge in [0.05, 0.1) is 25.5 Å². The molecule has 0 aliphatic carbocycles. The van der Waals surface area contributed by atoms with Gasteiger partial charge in [-0.3, -0.25) is 4.79 Å². The zero-order valence-corrected chi connectivity index (χ0v) is 21.8. The zero-order valence-electron chi connectivity index (χ0n) is 19.5. The smallest absolute Gasteiger partial charge is 0.253 e. The number of carbonyl (C=O) groups is 1. The van der Waals surface area contributed by atoms with Crippen molar-refractivity contribution in [1.29, 1.82) is 0 Å². The Bertz CT molecular complexity index is 1080. The number of furan rings is 1. The zero-order chi connectivity index (χ0) is 23.0. The second kappa shape index (κ2) is 12.5. The fourth-order valence-electron chi connectivity index (χ4n) is 3.75. The third-order valence-corrected chi connectivity index (χ3v) is 5.54. The first-order valence-electron chi connectivity index (χ1n) is 11.2. The molecule has 2 heterocycles. The van der Waals surface area contributed by atoms with Crippen LogP contribution in [0.4, 0.5) is 0 Å². The second-order valence-electron chi connectivity index (χ2n) is 8.19. The highest BCUT2D eigenvalue weighted by Gasteiger charge is 2.22. The van der Waals surface area contributed by atoms with E-state index in [1.165, 1.54) is 0 Å². The summed E-state index contributed by atoms with van der Waals surface area (Å²) in [5.41, 5.74) is 2.84. The number of hydrogen-bond donors (Lipinski definition) is 2. The number of rotatable bonds is 7. The van der Waals surface area contributed by atoms with Gasteiger partial charge < -0.3 is 24.7 Å². The van der Waals surface area contributed by atoms with E-state index in [0.717, 1.165) is 41.4 Å². The number of halogens is 1. The van der Waals surface area contributed by atoms with Gasteiger partial charge >= 0.3 is 0 Å². The van der Waals surface area contributed by atoms with Gasteiger partial charge in [0, 0.05) is 44.6 Å². The van der Waals surface area contributed by atoms with Crippen molar-refractivity contribution in [2.45, 2.75) is 25.4 Å². The fraction of sp³-hybridized carbons (Fsp3) is 0.308. The van der Waals surface area contributed by atoms with Crippen LogP contribution in [0.15, 0.2) is 76.3 Å². The lowest BCUT2D eigenvalue weighted by atomic mass is 10.0. The van der Waals surface area contributed by atoms with Gasteiger partial charge in [-0.25, -0.2) is 4.99 Å². The number of amides is 1. The number of guanidine groups is 1. The average molecular weight is 574 g/mol. The lowest BCUT2D eigenvalue weighted by Crippen LogP contribution is -2.41. The van der Waals surface area contributed by atoms with Gasteiger partial charge in [0.25, 0.3) is 5.91 Å². The molecule has 0 saturated heterocycles. The number of nitrogens with zero attached hydrogens (tertiary/aromatic N) is 2. The Morgan fingerprint density at radius 3 is 2.62 bits per heavy atom. The summed E-state index contributed by atoms with van der Waals surface area (Å²) in [6.07, 6.45) is 3.31. The van der Waals surface area contributed by atoms with Gasteiger partial charge in [-0.05, 0) is 35.9 Å². The van der Waals surface area contributed by atoms with Crippen molar-refractivity contribution in [1.82, 2.24) is 15.5 Å². The third kappa shape index (κ3) is 6.75. The largest absolute Gasteiger partial charge is 0.493 e. The molecule has 0 saturated carbocycles. The van der Waals surface area contributed by atoms with E-state index in [-0.39, 0.29) is 35.9 Å². The number of aliphatic imine (C=N–C) groups is 1. The topological polar surface area (TPSA) is 79.1 Å². The van der Waals surface area contributed by atoms with Crippen molar-refractivity contribution in [2.24, 2.45) is 4.99 Å². The Morgan fingerprint density at radius 1 is 1.09 bits per heavy atom. The monoisotopic (exact) mass is 574 g/mol. The summed E-state index contributed by atoms with van der Waals surface area (Å²) in [5, 5.41) is 7.00. The van der Waals surface area contributed by atoms with Crippen LogP contribution in [0.2, 0.25) is 0 Å².